The number of pyridine rings is 1. The quantitative estimate of drug-likeness (QED) is 0.423. The Balaban J connectivity index is 1.56. The van der Waals surface area contributed by atoms with Crippen LogP contribution >= 0.6 is 0 Å². The van der Waals surface area contributed by atoms with E-state index in [1.807, 2.05) is 74.4 Å². The van der Waals surface area contributed by atoms with E-state index in [4.69, 9.17) is 14.8 Å². The average Bonchev–Trinajstić information content (AvgIpc) is 3.32. The Kier molecular flexibility index (Phi) is 6.12. The van der Waals surface area contributed by atoms with Crippen molar-refractivity contribution in [2.75, 3.05) is 36.7 Å². The fourth-order valence-electron chi connectivity index (χ4n) is 4.26. The maximum Gasteiger partial charge on any atom is 0.255 e. The minimum Gasteiger partial charge on any atom is -0.495 e. The van der Waals surface area contributed by atoms with Crippen LogP contribution in [0.4, 0.5) is 17.3 Å². The molecule has 1 atom stereocenters. The van der Waals surface area contributed by atoms with Gasteiger partial charge < -0.3 is 20.3 Å². The molecule has 5 rings (SSSR count). The number of carbonyl (C=O) groups is 1. The highest BCUT2D eigenvalue weighted by Crippen LogP contribution is 2.37. The highest BCUT2D eigenvalue weighted by atomic mass is 16.5. The Morgan fingerprint density at radius 2 is 1.86 bits per heavy atom. The van der Waals surface area contributed by atoms with Gasteiger partial charge in [0.05, 0.1) is 18.4 Å². The number of allylic oxidation sites excluding steroid dienone is 1. The van der Waals surface area contributed by atoms with E-state index in [2.05, 4.69) is 15.6 Å². The molecule has 0 saturated heterocycles. The highest BCUT2D eigenvalue weighted by Gasteiger charge is 2.35. The van der Waals surface area contributed by atoms with Crippen LogP contribution in [-0.4, -0.2) is 46.9 Å². The molecule has 0 fully saturated rings. The van der Waals surface area contributed by atoms with Gasteiger partial charge in [0.25, 0.3) is 5.91 Å². The summed E-state index contributed by atoms with van der Waals surface area (Å²) >= 11 is 0. The number of fused-ring (bicyclic) bond motifs is 1. The fraction of sp³-hybridized carbons (Fsp3) is 0.185. The second-order valence-corrected chi connectivity index (χ2v) is 8.65. The zero-order chi connectivity index (χ0) is 25.2. The predicted octanol–water partition coefficient (Wildman–Crippen LogP) is 4.34. The van der Waals surface area contributed by atoms with Gasteiger partial charge in [0, 0.05) is 43.4 Å². The number of nitrogens with zero attached hydrogens (tertiary/aromatic N) is 5. The first-order chi connectivity index (χ1) is 17.5. The smallest absolute Gasteiger partial charge is 0.255 e. The summed E-state index contributed by atoms with van der Waals surface area (Å²) in [7, 11) is 5.57. The number of methoxy groups -OCH3 is 1. The molecular weight excluding hydrogens is 454 g/mol. The molecule has 1 unspecified atom stereocenters. The Morgan fingerprint density at radius 3 is 2.56 bits per heavy atom. The monoisotopic (exact) mass is 481 g/mol. The molecule has 3 heterocycles. The number of anilines is 3. The lowest BCUT2D eigenvalue weighted by Crippen LogP contribution is -2.31. The van der Waals surface area contributed by atoms with E-state index in [9.17, 15) is 4.79 Å². The summed E-state index contributed by atoms with van der Waals surface area (Å²) in [5.41, 5.74) is 4.57. The molecule has 0 spiro atoms. The summed E-state index contributed by atoms with van der Waals surface area (Å²) in [4.78, 5) is 24.7. The van der Waals surface area contributed by atoms with E-state index in [1.54, 1.807) is 36.3 Å². The van der Waals surface area contributed by atoms with Crippen molar-refractivity contribution < 1.29 is 9.53 Å². The Labute approximate surface area is 209 Å². The summed E-state index contributed by atoms with van der Waals surface area (Å²) in [6.45, 7) is 1.87. The van der Waals surface area contributed by atoms with Crippen molar-refractivity contribution in [1.29, 1.82) is 0 Å². The molecule has 9 nitrogen and oxygen atoms in total. The van der Waals surface area contributed by atoms with Gasteiger partial charge in [-0.15, -0.1) is 5.10 Å². The first kappa shape index (κ1) is 23.1. The topological polar surface area (TPSA) is 97.2 Å². The second-order valence-electron chi connectivity index (χ2n) is 8.65. The maximum atomic E-state index is 13.7. The predicted molar refractivity (Wildman–Crippen MR) is 140 cm³/mol. The molecule has 36 heavy (non-hydrogen) atoms. The van der Waals surface area contributed by atoms with Crippen molar-refractivity contribution in [3.05, 3.63) is 89.9 Å². The Hall–Kier alpha value is -4.66. The first-order valence-electron chi connectivity index (χ1n) is 11.5. The van der Waals surface area contributed by atoms with Crippen LogP contribution in [0, 0.1) is 0 Å². The van der Waals surface area contributed by atoms with Gasteiger partial charge in [0.2, 0.25) is 5.95 Å². The number of ether oxygens (including phenoxy) is 1. The van der Waals surface area contributed by atoms with E-state index in [0.29, 0.717) is 34.5 Å². The largest absolute Gasteiger partial charge is 0.495 e. The first-order valence-corrected chi connectivity index (χ1v) is 11.5. The molecule has 2 aromatic carbocycles. The summed E-state index contributed by atoms with van der Waals surface area (Å²) in [5, 5.41) is 11.1. The Morgan fingerprint density at radius 1 is 1.08 bits per heavy atom. The van der Waals surface area contributed by atoms with Crippen LogP contribution in [0.25, 0.3) is 11.4 Å². The number of para-hydroxylation sites is 2. The number of amides is 1. The molecule has 2 aromatic heterocycles. The standard InChI is InChI=1S/C27H27N7O2/c1-17-23(26(35)30-21-9-5-6-10-22(21)36-4)24(19-8-7-15-28-16-19)34-27(29-17)31-25(32-34)18-11-13-20(14-12-18)33(2)3/h5-16,24H,1-4H3,(H,30,35)(H,29,31,32). The number of hydrogen-bond donors (Lipinski definition) is 2. The molecule has 182 valence electrons. The SMILES string of the molecule is COc1ccccc1NC(=O)C1=C(C)Nc2nc(-c3ccc(N(C)C)cc3)nn2C1c1cccnc1. The van der Waals surface area contributed by atoms with Crippen molar-refractivity contribution >= 4 is 23.2 Å². The molecule has 1 aliphatic rings. The fourth-order valence-corrected chi connectivity index (χ4v) is 4.26. The normalized spacial score (nSPS) is 14.6. The van der Waals surface area contributed by atoms with E-state index in [1.165, 1.54) is 0 Å². The van der Waals surface area contributed by atoms with Crippen LogP contribution in [0.3, 0.4) is 0 Å². The van der Waals surface area contributed by atoms with Gasteiger partial charge in [0.1, 0.15) is 11.8 Å². The molecule has 9 heteroatoms. The van der Waals surface area contributed by atoms with Crippen molar-refractivity contribution in [2.45, 2.75) is 13.0 Å². The molecule has 1 amide bonds. The third kappa shape index (κ3) is 4.26. The summed E-state index contributed by atoms with van der Waals surface area (Å²) < 4.78 is 7.16. The van der Waals surface area contributed by atoms with Gasteiger partial charge >= 0.3 is 0 Å². The zero-order valence-electron chi connectivity index (χ0n) is 20.6. The molecule has 4 aromatic rings. The second kappa shape index (κ2) is 9.53. The van der Waals surface area contributed by atoms with Crippen LogP contribution in [0.15, 0.2) is 84.3 Å². The lowest BCUT2D eigenvalue weighted by molar-refractivity contribution is -0.113. The number of aromatic nitrogens is 4. The van der Waals surface area contributed by atoms with Crippen molar-refractivity contribution in [2.24, 2.45) is 0 Å². The molecule has 0 saturated carbocycles. The number of rotatable bonds is 6. The van der Waals surface area contributed by atoms with E-state index in [0.717, 1.165) is 16.8 Å². The highest BCUT2D eigenvalue weighted by molar-refractivity contribution is 6.06. The van der Waals surface area contributed by atoms with Gasteiger partial charge in [-0.1, -0.05) is 18.2 Å². The lowest BCUT2D eigenvalue weighted by Gasteiger charge is -2.28. The van der Waals surface area contributed by atoms with Crippen molar-refractivity contribution in [3.8, 4) is 17.1 Å². The zero-order valence-corrected chi connectivity index (χ0v) is 20.6. The van der Waals surface area contributed by atoms with E-state index >= 15 is 0 Å². The van der Waals surface area contributed by atoms with E-state index in [-0.39, 0.29) is 5.91 Å². The summed E-state index contributed by atoms with van der Waals surface area (Å²) in [6, 6.07) is 18.6. The molecular formula is C27H27N7O2. The molecule has 2 N–H and O–H groups in total. The molecule has 1 aliphatic heterocycles. The van der Waals surface area contributed by atoms with Crippen LogP contribution in [-0.2, 0) is 4.79 Å². The van der Waals surface area contributed by atoms with Crippen LogP contribution in [0.2, 0.25) is 0 Å². The van der Waals surface area contributed by atoms with Crippen molar-refractivity contribution in [3.63, 3.8) is 0 Å². The van der Waals surface area contributed by atoms with Crippen molar-refractivity contribution in [1.82, 2.24) is 19.7 Å². The third-order valence-electron chi connectivity index (χ3n) is 6.09. The van der Waals surface area contributed by atoms with Gasteiger partial charge in [-0.05, 0) is 55.0 Å². The van der Waals surface area contributed by atoms with Crippen LogP contribution in [0.5, 0.6) is 5.75 Å². The average molecular weight is 482 g/mol. The lowest BCUT2D eigenvalue weighted by atomic mass is 9.96. The van der Waals surface area contributed by atoms with Crippen LogP contribution < -0.4 is 20.3 Å². The van der Waals surface area contributed by atoms with Gasteiger partial charge in [0.15, 0.2) is 5.82 Å². The number of carbonyl (C=O) groups excluding carboxylic acids is 1. The van der Waals surface area contributed by atoms with Gasteiger partial charge in [-0.25, -0.2) is 4.68 Å². The van der Waals surface area contributed by atoms with Gasteiger partial charge in [-0.3, -0.25) is 9.78 Å². The summed E-state index contributed by atoms with van der Waals surface area (Å²) in [6.07, 6.45) is 3.45. The maximum absolute atomic E-state index is 13.7. The molecule has 0 aliphatic carbocycles. The molecule has 0 radical (unpaired) electrons. The minimum atomic E-state index is -0.521. The van der Waals surface area contributed by atoms with E-state index < -0.39 is 6.04 Å². The number of benzene rings is 2. The Bertz CT molecular complexity index is 1430. The number of nitrogens with one attached hydrogen (secondary N) is 2. The van der Waals surface area contributed by atoms with Crippen LogP contribution in [0.1, 0.15) is 18.5 Å². The number of hydrogen-bond acceptors (Lipinski definition) is 7. The minimum absolute atomic E-state index is 0.267. The van der Waals surface area contributed by atoms with Gasteiger partial charge in [-0.2, -0.15) is 4.98 Å². The third-order valence-corrected chi connectivity index (χ3v) is 6.09. The molecule has 0 bridgehead atoms. The summed E-state index contributed by atoms with van der Waals surface area (Å²) in [5.74, 6) is 1.44.